The fraction of sp³-hybridized carbons (Fsp3) is 0.143. The summed E-state index contributed by atoms with van der Waals surface area (Å²) < 4.78 is 0. The maximum Gasteiger partial charge on any atom is 0.0414 e. The molecule has 0 bridgehead atoms. The van der Waals surface area contributed by atoms with Crippen LogP contribution in [0.5, 0.6) is 0 Å². The molecule has 1 nitrogen and oxygen atoms in total. The highest BCUT2D eigenvalue weighted by Gasteiger charge is 2.13. The van der Waals surface area contributed by atoms with Crippen LogP contribution in [0.2, 0.25) is 0 Å². The third kappa shape index (κ3) is 1.61. The molecule has 1 aliphatic rings. The van der Waals surface area contributed by atoms with E-state index in [-0.39, 0.29) is 0 Å². The summed E-state index contributed by atoms with van der Waals surface area (Å²) in [5.41, 5.74) is 5.62. The molecule has 0 radical (unpaired) electrons. The van der Waals surface area contributed by atoms with E-state index >= 15 is 0 Å². The molecule has 0 unspecified atom stereocenters. The Labute approximate surface area is 91.0 Å². The molecule has 0 aromatic heterocycles. The Kier molecular flexibility index (Phi) is 2.24. The largest absolute Gasteiger partial charge is 0.345 e. The Morgan fingerprint density at radius 2 is 1.87 bits per heavy atom. The van der Waals surface area contributed by atoms with Crippen molar-refractivity contribution in [2.24, 2.45) is 0 Å². The summed E-state index contributed by atoms with van der Waals surface area (Å²) >= 11 is 0. The van der Waals surface area contributed by atoms with E-state index in [0.29, 0.717) is 0 Å². The summed E-state index contributed by atoms with van der Waals surface area (Å²) in [4.78, 5) is 2.01. The lowest BCUT2D eigenvalue weighted by Crippen LogP contribution is -2.12. The molecule has 15 heavy (non-hydrogen) atoms. The SMILES string of the molecule is C=C1C=Cc2cc(C)ccc2C(=C)N1C. The number of hydrogen-bond donors (Lipinski definition) is 0. The van der Waals surface area contributed by atoms with E-state index in [1.165, 1.54) is 16.7 Å². The molecule has 0 atom stereocenters. The molecule has 0 saturated heterocycles. The van der Waals surface area contributed by atoms with Crippen molar-refractivity contribution in [1.29, 1.82) is 0 Å². The quantitative estimate of drug-likeness (QED) is 0.616. The second-order valence-electron chi connectivity index (χ2n) is 3.92. The fourth-order valence-electron chi connectivity index (χ4n) is 1.73. The van der Waals surface area contributed by atoms with E-state index in [1.807, 2.05) is 18.0 Å². The maximum absolute atomic E-state index is 4.10. The van der Waals surface area contributed by atoms with Gasteiger partial charge in [0.1, 0.15) is 0 Å². The highest BCUT2D eigenvalue weighted by molar-refractivity contribution is 5.76. The topological polar surface area (TPSA) is 3.24 Å². The first-order valence-electron chi connectivity index (χ1n) is 5.00. The lowest BCUT2D eigenvalue weighted by molar-refractivity contribution is 0.623. The van der Waals surface area contributed by atoms with Crippen LogP contribution in [0, 0.1) is 6.92 Å². The molecule has 0 aliphatic carbocycles. The van der Waals surface area contributed by atoms with E-state index < -0.39 is 0 Å². The standard InChI is InChI=1S/C14H15N/c1-10-5-8-14-12(3)15(4)11(2)6-7-13(14)9-10/h5-9H,2-3H2,1,4H3. The minimum absolute atomic E-state index is 0.967. The molecule has 1 aromatic carbocycles. The van der Waals surface area contributed by atoms with E-state index in [9.17, 15) is 0 Å². The van der Waals surface area contributed by atoms with Crippen molar-refractivity contribution in [2.45, 2.75) is 6.92 Å². The summed E-state index contributed by atoms with van der Waals surface area (Å²) in [6.07, 6.45) is 4.12. The predicted octanol–water partition coefficient (Wildman–Crippen LogP) is 3.44. The average molecular weight is 197 g/mol. The monoisotopic (exact) mass is 197 g/mol. The Balaban J connectivity index is 2.61. The molecular weight excluding hydrogens is 182 g/mol. The molecule has 0 saturated carbocycles. The van der Waals surface area contributed by atoms with Gasteiger partial charge in [0.25, 0.3) is 0 Å². The summed E-state index contributed by atoms with van der Waals surface area (Å²) in [7, 11) is 1.99. The molecule has 0 amide bonds. The number of benzene rings is 1. The zero-order valence-corrected chi connectivity index (χ0v) is 9.25. The lowest BCUT2D eigenvalue weighted by Gasteiger charge is -2.21. The fourth-order valence-corrected chi connectivity index (χ4v) is 1.73. The number of hydrogen-bond acceptors (Lipinski definition) is 1. The molecule has 0 N–H and O–H groups in total. The summed E-state index contributed by atoms with van der Waals surface area (Å²) in [5, 5.41) is 0. The van der Waals surface area contributed by atoms with E-state index in [2.05, 4.69) is 44.4 Å². The van der Waals surface area contributed by atoms with Gasteiger partial charge in [-0.2, -0.15) is 0 Å². The third-order valence-electron chi connectivity index (χ3n) is 2.81. The van der Waals surface area contributed by atoms with Gasteiger partial charge in [0.2, 0.25) is 0 Å². The maximum atomic E-state index is 4.10. The normalized spacial score (nSPS) is 15.2. The van der Waals surface area contributed by atoms with Crippen LogP contribution in [0.1, 0.15) is 16.7 Å². The summed E-state index contributed by atoms with van der Waals surface area (Å²) in [6, 6.07) is 6.40. The van der Waals surface area contributed by atoms with Crippen LogP contribution >= 0.6 is 0 Å². The van der Waals surface area contributed by atoms with Crippen LogP contribution in [0.4, 0.5) is 0 Å². The highest BCUT2D eigenvalue weighted by atomic mass is 15.1. The van der Waals surface area contributed by atoms with Gasteiger partial charge >= 0.3 is 0 Å². The van der Waals surface area contributed by atoms with Gasteiger partial charge in [-0.15, -0.1) is 0 Å². The minimum Gasteiger partial charge on any atom is -0.345 e. The molecule has 1 heterocycles. The van der Waals surface area contributed by atoms with Crippen molar-refractivity contribution in [3.05, 3.63) is 59.8 Å². The van der Waals surface area contributed by atoms with Crippen molar-refractivity contribution in [2.75, 3.05) is 7.05 Å². The predicted molar refractivity (Wildman–Crippen MR) is 66.2 cm³/mol. The molecule has 1 aliphatic heterocycles. The summed E-state index contributed by atoms with van der Waals surface area (Å²) in [6.45, 7) is 10.2. The zero-order valence-electron chi connectivity index (χ0n) is 9.25. The van der Waals surface area contributed by atoms with Crippen LogP contribution in [0.25, 0.3) is 11.8 Å². The van der Waals surface area contributed by atoms with Crippen molar-refractivity contribution in [1.82, 2.24) is 4.90 Å². The number of allylic oxidation sites excluding steroid dienone is 1. The smallest absolute Gasteiger partial charge is 0.0414 e. The first kappa shape index (κ1) is 9.78. The lowest BCUT2D eigenvalue weighted by atomic mass is 10.0. The van der Waals surface area contributed by atoms with Crippen molar-refractivity contribution in [3.8, 4) is 0 Å². The average Bonchev–Trinajstić information content (AvgIpc) is 2.32. The Morgan fingerprint density at radius 3 is 2.60 bits per heavy atom. The molecule has 2 rings (SSSR count). The second-order valence-corrected chi connectivity index (χ2v) is 3.92. The van der Waals surface area contributed by atoms with E-state index in [0.717, 1.165) is 11.4 Å². The van der Waals surface area contributed by atoms with Crippen molar-refractivity contribution >= 4 is 11.8 Å². The minimum atomic E-state index is 0.967. The third-order valence-corrected chi connectivity index (χ3v) is 2.81. The van der Waals surface area contributed by atoms with Gasteiger partial charge in [0.15, 0.2) is 0 Å². The number of likely N-dealkylation sites (N-methyl/N-ethyl adjacent to an activating group) is 1. The first-order chi connectivity index (χ1) is 7.09. The van der Waals surface area contributed by atoms with E-state index in [1.54, 1.807) is 0 Å². The number of fused-ring (bicyclic) bond motifs is 1. The van der Waals surface area contributed by atoms with Gasteiger partial charge in [-0.3, -0.25) is 0 Å². The molecule has 1 aromatic rings. The van der Waals surface area contributed by atoms with Crippen LogP contribution < -0.4 is 0 Å². The number of aryl methyl sites for hydroxylation is 1. The zero-order chi connectivity index (χ0) is 11.0. The van der Waals surface area contributed by atoms with Gasteiger partial charge in [0.05, 0.1) is 0 Å². The Hall–Kier alpha value is -1.76. The van der Waals surface area contributed by atoms with E-state index in [4.69, 9.17) is 0 Å². The highest BCUT2D eigenvalue weighted by Crippen LogP contribution is 2.28. The van der Waals surface area contributed by atoms with Crippen molar-refractivity contribution < 1.29 is 0 Å². The molecule has 0 spiro atoms. The van der Waals surface area contributed by atoms with Crippen LogP contribution in [-0.4, -0.2) is 11.9 Å². The summed E-state index contributed by atoms with van der Waals surface area (Å²) in [5.74, 6) is 0. The molecule has 76 valence electrons. The van der Waals surface area contributed by atoms with Crippen LogP contribution in [0.3, 0.4) is 0 Å². The van der Waals surface area contributed by atoms with Crippen LogP contribution in [0.15, 0.2) is 43.1 Å². The van der Waals surface area contributed by atoms with Crippen molar-refractivity contribution in [3.63, 3.8) is 0 Å². The van der Waals surface area contributed by atoms with Crippen LogP contribution in [-0.2, 0) is 0 Å². The molecule has 1 heteroatoms. The Bertz CT molecular complexity index is 466. The number of nitrogens with zero attached hydrogens (tertiary/aromatic N) is 1. The van der Waals surface area contributed by atoms with Gasteiger partial charge in [0, 0.05) is 24.0 Å². The van der Waals surface area contributed by atoms with Gasteiger partial charge in [-0.1, -0.05) is 43.0 Å². The Morgan fingerprint density at radius 1 is 1.13 bits per heavy atom. The van der Waals surface area contributed by atoms with Gasteiger partial charge in [-0.25, -0.2) is 0 Å². The second kappa shape index (κ2) is 3.43. The van der Waals surface area contributed by atoms with Gasteiger partial charge in [-0.05, 0) is 18.6 Å². The van der Waals surface area contributed by atoms with Gasteiger partial charge < -0.3 is 4.90 Å². The molecular formula is C14H15N. The first-order valence-corrected chi connectivity index (χ1v) is 5.00. The number of rotatable bonds is 0. The molecule has 0 fully saturated rings.